The Morgan fingerprint density at radius 1 is 0.812 bits per heavy atom. The molecule has 0 aliphatic heterocycles. The minimum atomic E-state index is -0.0756. The molecule has 0 aliphatic rings. The molecule has 2 nitrogen and oxygen atoms in total. The molecule has 0 spiro atoms. The summed E-state index contributed by atoms with van der Waals surface area (Å²) >= 11 is 0. The lowest BCUT2D eigenvalue weighted by atomic mass is 9.99. The monoisotopic (exact) mass is 214 g/mol. The molecular weight excluding hydrogens is 200 g/mol. The van der Waals surface area contributed by atoms with Crippen LogP contribution in [0.3, 0.4) is 0 Å². The van der Waals surface area contributed by atoms with Gasteiger partial charge in [0.05, 0.1) is 0 Å². The van der Waals surface area contributed by atoms with E-state index < -0.39 is 0 Å². The Morgan fingerprint density at radius 2 is 1.44 bits per heavy atom. The van der Waals surface area contributed by atoms with Crippen molar-refractivity contribution < 1.29 is 10.2 Å². The zero-order valence-corrected chi connectivity index (χ0v) is 9.36. The first kappa shape index (κ1) is 10.6. The van der Waals surface area contributed by atoms with E-state index in [1.807, 2.05) is 37.3 Å². The van der Waals surface area contributed by atoms with Crippen LogP contribution < -0.4 is 0 Å². The van der Waals surface area contributed by atoms with E-state index in [1.165, 1.54) is 11.6 Å². The second-order valence-electron chi connectivity index (χ2n) is 3.97. The third-order valence-corrected chi connectivity index (χ3v) is 2.77. The Hall–Kier alpha value is -1.96. The van der Waals surface area contributed by atoms with Gasteiger partial charge in [0.1, 0.15) is 0 Å². The zero-order chi connectivity index (χ0) is 11.7. The van der Waals surface area contributed by atoms with E-state index in [-0.39, 0.29) is 11.5 Å². The van der Waals surface area contributed by atoms with Crippen LogP contribution in [0.25, 0.3) is 11.1 Å². The number of rotatable bonds is 1. The van der Waals surface area contributed by atoms with E-state index in [9.17, 15) is 10.2 Å². The number of aryl methyl sites for hydroxylation is 1. The molecule has 0 saturated carbocycles. The summed E-state index contributed by atoms with van der Waals surface area (Å²) in [4.78, 5) is 0. The van der Waals surface area contributed by atoms with Gasteiger partial charge >= 0.3 is 0 Å². The maximum absolute atomic E-state index is 9.65. The number of hydrogen-bond donors (Lipinski definition) is 2. The zero-order valence-electron chi connectivity index (χ0n) is 9.36. The highest BCUT2D eigenvalue weighted by atomic mass is 16.3. The molecule has 82 valence electrons. The molecular formula is C14H14O2. The second-order valence-corrected chi connectivity index (χ2v) is 3.97. The first-order valence-electron chi connectivity index (χ1n) is 5.18. The minimum Gasteiger partial charge on any atom is -0.504 e. The second kappa shape index (κ2) is 3.89. The van der Waals surface area contributed by atoms with Crippen LogP contribution in [0, 0.1) is 13.8 Å². The molecule has 0 saturated heterocycles. The summed E-state index contributed by atoms with van der Waals surface area (Å²) < 4.78 is 0. The third-order valence-electron chi connectivity index (χ3n) is 2.77. The average molecular weight is 214 g/mol. The maximum atomic E-state index is 9.65. The SMILES string of the molecule is Cc1ccc(-c2ccc(O)c(O)c2C)cc1. The van der Waals surface area contributed by atoms with Crippen LogP contribution in [0.15, 0.2) is 36.4 Å². The molecule has 0 atom stereocenters. The van der Waals surface area contributed by atoms with Crippen LogP contribution in [0.4, 0.5) is 0 Å². The molecule has 0 radical (unpaired) electrons. The van der Waals surface area contributed by atoms with E-state index in [4.69, 9.17) is 0 Å². The topological polar surface area (TPSA) is 40.5 Å². The lowest BCUT2D eigenvalue weighted by molar-refractivity contribution is 0.401. The Morgan fingerprint density at radius 3 is 2.06 bits per heavy atom. The summed E-state index contributed by atoms with van der Waals surface area (Å²) in [5.41, 5.74) is 3.88. The largest absolute Gasteiger partial charge is 0.504 e. The lowest BCUT2D eigenvalue weighted by Crippen LogP contribution is -1.85. The average Bonchev–Trinajstić information content (AvgIpc) is 2.28. The summed E-state index contributed by atoms with van der Waals surface area (Å²) in [7, 11) is 0. The molecule has 0 amide bonds. The van der Waals surface area contributed by atoms with Crippen molar-refractivity contribution >= 4 is 0 Å². The van der Waals surface area contributed by atoms with Gasteiger partial charge < -0.3 is 10.2 Å². The van der Waals surface area contributed by atoms with E-state index >= 15 is 0 Å². The van der Waals surface area contributed by atoms with Crippen LogP contribution >= 0.6 is 0 Å². The molecule has 2 heteroatoms. The van der Waals surface area contributed by atoms with Crippen molar-refractivity contribution in [1.82, 2.24) is 0 Å². The van der Waals surface area contributed by atoms with Gasteiger partial charge in [-0.25, -0.2) is 0 Å². The standard InChI is InChI=1S/C14H14O2/c1-9-3-5-11(6-4-9)12-7-8-13(15)14(16)10(12)2/h3-8,15-16H,1-2H3. The highest BCUT2D eigenvalue weighted by Gasteiger charge is 2.09. The van der Waals surface area contributed by atoms with Gasteiger partial charge in [0.15, 0.2) is 11.5 Å². The van der Waals surface area contributed by atoms with Crippen LogP contribution in [0.5, 0.6) is 11.5 Å². The van der Waals surface area contributed by atoms with E-state index in [0.717, 1.165) is 11.1 Å². The van der Waals surface area contributed by atoms with Gasteiger partial charge in [-0.1, -0.05) is 35.9 Å². The fourth-order valence-electron chi connectivity index (χ4n) is 1.73. The molecule has 2 rings (SSSR count). The first-order valence-corrected chi connectivity index (χ1v) is 5.18. The molecule has 0 aliphatic carbocycles. The van der Waals surface area contributed by atoms with Crippen LogP contribution in [-0.4, -0.2) is 10.2 Å². The molecule has 16 heavy (non-hydrogen) atoms. The molecule has 0 fully saturated rings. The van der Waals surface area contributed by atoms with Gasteiger partial charge in [-0.3, -0.25) is 0 Å². The van der Waals surface area contributed by atoms with Gasteiger partial charge in [0.25, 0.3) is 0 Å². The number of phenols is 2. The highest BCUT2D eigenvalue weighted by Crippen LogP contribution is 2.35. The van der Waals surface area contributed by atoms with Gasteiger partial charge in [0.2, 0.25) is 0 Å². The van der Waals surface area contributed by atoms with Gasteiger partial charge in [0, 0.05) is 5.56 Å². The predicted molar refractivity (Wildman–Crippen MR) is 64.7 cm³/mol. The first-order chi connectivity index (χ1) is 7.59. The predicted octanol–water partition coefficient (Wildman–Crippen LogP) is 3.38. The van der Waals surface area contributed by atoms with Crippen LogP contribution in [-0.2, 0) is 0 Å². The van der Waals surface area contributed by atoms with Crippen LogP contribution in [0.2, 0.25) is 0 Å². The van der Waals surface area contributed by atoms with E-state index in [2.05, 4.69) is 0 Å². The fraction of sp³-hybridized carbons (Fsp3) is 0.143. The minimum absolute atomic E-state index is 0.0434. The normalized spacial score (nSPS) is 10.4. The summed E-state index contributed by atoms with van der Waals surface area (Å²) in [5, 5.41) is 19.0. The quantitative estimate of drug-likeness (QED) is 0.714. The summed E-state index contributed by atoms with van der Waals surface area (Å²) in [6, 6.07) is 11.4. The Kier molecular flexibility index (Phi) is 2.57. The molecule has 0 aromatic heterocycles. The summed E-state index contributed by atoms with van der Waals surface area (Å²) in [6.45, 7) is 3.83. The van der Waals surface area contributed by atoms with Crippen molar-refractivity contribution in [2.45, 2.75) is 13.8 Å². The van der Waals surface area contributed by atoms with Crippen LogP contribution in [0.1, 0.15) is 11.1 Å². The fourth-order valence-corrected chi connectivity index (χ4v) is 1.73. The van der Waals surface area contributed by atoms with Gasteiger partial charge in [-0.2, -0.15) is 0 Å². The Bertz CT molecular complexity index is 513. The van der Waals surface area contributed by atoms with Crippen molar-refractivity contribution in [3.05, 3.63) is 47.5 Å². The van der Waals surface area contributed by atoms with Crippen molar-refractivity contribution in [2.75, 3.05) is 0 Å². The summed E-state index contributed by atoms with van der Waals surface area (Å²) in [6.07, 6.45) is 0. The summed E-state index contributed by atoms with van der Waals surface area (Å²) in [5.74, 6) is -0.119. The molecule has 0 heterocycles. The Balaban J connectivity index is 2.57. The highest BCUT2D eigenvalue weighted by molar-refractivity contribution is 5.71. The number of hydrogen-bond acceptors (Lipinski definition) is 2. The van der Waals surface area contributed by atoms with Crippen molar-refractivity contribution in [3.63, 3.8) is 0 Å². The Labute approximate surface area is 94.8 Å². The molecule has 2 N–H and O–H groups in total. The lowest BCUT2D eigenvalue weighted by Gasteiger charge is -2.09. The van der Waals surface area contributed by atoms with Crippen molar-refractivity contribution in [1.29, 1.82) is 0 Å². The molecule has 0 unspecified atom stereocenters. The van der Waals surface area contributed by atoms with Gasteiger partial charge in [-0.15, -0.1) is 0 Å². The molecule has 2 aromatic rings. The number of benzene rings is 2. The third kappa shape index (κ3) is 1.74. The van der Waals surface area contributed by atoms with Gasteiger partial charge in [-0.05, 0) is 31.0 Å². The number of phenolic OH excluding ortho intramolecular Hbond substituents is 2. The number of aromatic hydroxyl groups is 2. The van der Waals surface area contributed by atoms with Crippen molar-refractivity contribution in [3.8, 4) is 22.6 Å². The maximum Gasteiger partial charge on any atom is 0.161 e. The van der Waals surface area contributed by atoms with E-state index in [0.29, 0.717) is 5.56 Å². The van der Waals surface area contributed by atoms with Crippen molar-refractivity contribution in [2.24, 2.45) is 0 Å². The smallest absolute Gasteiger partial charge is 0.161 e. The van der Waals surface area contributed by atoms with E-state index in [1.54, 1.807) is 6.92 Å². The molecule has 2 aromatic carbocycles. The molecule has 0 bridgehead atoms.